The Hall–Kier alpha value is -3.85. The molecular formula is C23H21N3O3. The summed E-state index contributed by atoms with van der Waals surface area (Å²) in [7, 11) is 0. The molecule has 29 heavy (non-hydrogen) atoms. The summed E-state index contributed by atoms with van der Waals surface area (Å²) >= 11 is 0. The fourth-order valence-electron chi connectivity index (χ4n) is 2.60. The van der Waals surface area contributed by atoms with Crippen molar-refractivity contribution in [2.75, 3.05) is 11.9 Å². The van der Waals surface area contributed by atoms with Crippen molar-refractivity contribution in [1.82, 2.24) is 10.6 Å². The summed E-state index contributed by atoms with van der Waals surface area (Å²) in [5, 5.41) is 8.20. The lowest BCUT2D eigenvalue weighted by molar-refractivity contribution is -0.111. The highest BCUT2D eigenvalue weighted by Gasteiger charge is 2.23. The van der Waals surface area contributed by atoms with E-state index in [4.69, 9.17) is 6.42 Å². The number of carbonyl (C=O) groups is 3. The molecule has 1 saturated carbocycles. The first kappa shape index (κ1) is 19.9. The van der Waals surface area contributed by atoms with Crippen molar-refractivity contribution in [2.45, 2.75) is 18.9 Å². The molecule has 0 unspecified atom stereocenters. The zero-order chi connectivity index (χ0) is 20.6. The summed E-state index contributed by atoms with van der Waals surface area (Å²) in [5.74, 6) is 1.52. The Morgan fingerprint density at radius 1 is 1.03 bits per heavy atom. The van der Waals surface area contributed by atoms with E-state index in [0.717, 1.165) is 18.4 Å². The number of benzene rings is 2. The monoisotopic (exact) mass is 387 g/mol. The van der Waals surface area contributed by atoms with E-state index in [0.29, 0.717) is 22.9 Å². The molecule has 0 bridgehead atoms. The van der Waals surface area contributed by atoms with Gasteiger partial charge in [0.15, 0.2) is 0 Å². The van der Waals surface area contributed by atoms with Crippen molar-refractivity contribution in [3.05, 3.63) is 71.3 Å². The highest BCUT2D eigenvalue weighted by atomic mass is 16.2. The molecule has 1 fully saturated rings. The molecule has 0 radical (unpaired) electrons. The molecule has 3 amide bonds. The molecule has 0 saturated heterocycles. The van der Waals surface area contributed by atoms with E-state index in [-0.39, 0.29) is 24.3 Å². The van der Waals surface area contributed by atoms with Crippen molar-refractivity contribution in [3.63, 3.8) is 0 Å². The lowest BCUT2D eigenvalue weighted by Crippen LogP contribution is -2.25. The van der Waals surface area contributed by atoms with Gasteiger partial charge in [-0.15, -0.1) is 6.42 Å². The van der Waals surface area contributed by atoms with Crippen LogP contribution < -0.4 is 16.0 Å². The molecule has 0 aromatic heterocycles. The summed E-state index contributed by atoms with van der Waals surface area (Å²) in [6.45, 7) is 0.107. The molecule has 0 aliphatic heterocycles. The van der Waals surface area contributed by atoms with E-state index < -0.39 is 0 Å². The van der Waals surface area contributed by atoms with E-state index in [1.807, 2.05) is 0 Å². The minimum Gasteiger partial charge on any atom is -0.349 e. The number of para-hydroxylation sites is 1. The molecule has 0 heterocycles. The molecule has 1 aliphatic rings. The van der Waals surface area contributed by atoms with E-state index in [9.17, 15) is 14.4 Å². The van der Waals surface area contributed by atoms with Crippen LogP contribution in [0.15, 0.2) is 54.6 Å². The Morgan fingerprint density at radius 3 is 2.45 bits per heavy atom. The van der Waals surface area contributed by atoms with E-state index in [2.05, 4.69) is 21.9 Å². The second-order valence-corrected chi connectivity index (χ2v) is 6.62. The fraction of sp³-hybridized carbons (Fsp3) is 0.174. The minimum atomic E-state index is -0.377. The van der Waals surface area contributed by atoms with Crippen LogP contribution in [0.5, 0.6) is 0 Å². The number of hydrogen-bond donors (Lipinski definition) is 3. The highest BCUT2D eigenvalue weighted by molar-refractivity contribution is 6.07. The Kier molecular flexibility index (Phi) is 6.43. The maximum absolute atomic E-state index is 12.3. The lowest BCUT2D eigenvalue weighted by atomic mass is 10.1. The molecule has 6 heteroatoms. The maximum atomic E-state index is 12.3. The first-order valence-corrected chi connectivity index (χ1v) is 9.27. The Labute approximate surface area is 169 Å². The van der Waals surface area contributed by atoms with Gasteiger partial charge in [0.25, 0.3) is 11.8 Å². The van der Waals surface area contributed by atoms with Crippen molar-refractivity contribution in [3.8, 4) is 12.3 Å². The number of amides is 3. The van der Waals surface area contributed by atoms with Gasteiger partial charge < -0.3 is 16.0 Å². The van der Waals surface area contributed by atoms with Crippen LogP contribution in [0, 0.1) is 12.3 Å². The average Bonchev–Trinajstić information content (AvgIpc) is 3.55. The first-order valence-electron chi connectivity index (χ1n) is 9.27. The smallest absolute Gasteiger partial charge is 0.254 e. The highest BCUT2D eigenvalue weighted by Crippen LogP contribution is 2.19. The van der Waals surface area contributed by atoms with Crippen LogP contribution in [0.2, 0.25) is 0 Å². The van der Waals surface area contributed by atoms with E-state index in [1.54, 1.807) is 54.6 Å². The summed E-state index contributed by atoms with van der Waals surface area (Å²) < 4.78 is 0. The molecule has 146 valence electrons. The van der Waals surface area contributed by atoms with Crippen LogP contribution in [-0.2, 0) is 4.79 Å². The van der Waals surface area contributed by atoms with E-state index in [1.165, 1.54) is 6.08 Å². The van der Waals surface area contributed by atoms with Crippen LogP contribution in [-0.4, -0.2) is 30.3 Å². The number of hydrogen-bond acceptors (Lipinski definition) is 3. The van der Waals surface area contributed by atoms with Gasteiger partial charge in [-0.2, -0.15) is 0 Å². The van der Waals surface area contributed by atoms with Crippen LogP contribution >= 0.6 is 0 Å². The quantitative estimate of drug-likeness (QED) is 0.504. The Bertz CT molecular complexity index is 983. The van der Waals surface area contributed by atoms with Gasteiger partial charge in [-0.25, -0.2) is 0 Å². The molecule has 1 aliphatic carbocycles. The van der Waals surface area contributed by atoms with Crippen LogP contribution in [0.1, 0.15) is 39.1 Å². The Morgan fingerprint density at radius 2 is 1.76 bits per heavy atom. The molecule has 2 aromatic carbocycles. The van der Waals surface area contributed by atoms with Crippen molar-refractivity contribution >= 4 is 29.5 Å². The van der Waals surface area contributed by atoms with Gasteiger partial charge in [-0.05, 0) is 48.7 Å². The van der Waals surface area contributed by atoms with Crippen molar-refractivity contribution < 1.29 is 14.4 Å². The fourth-order valence-corrected chi connectivity index (χ4v) is 2.60. The SMILES string of the molecule is C#CCNC(=O)c1ccccc1NC(=O)/C=C/c1ccc(C(=O)NC2CC2)cc1. The maximum Gasteiger partial charge on any atom is 0.254 e. The van der Waals surface area contributed by atoms with E-state index >= 15 is 0 Å². The molecule has 0 spiro atoms. The Balaban J connectivity index is 1.60. The number of rotatable bonds is 7. The molecule has 3 rings (SSSR count). The van der Waals surface area contributed by atoms with Gasteiger partial charge in [-0.3, -0.25) is 14.4 Å². The zero-order valence-electron chi connectivity index (χ0n) is 15.8. The van der Waals surface area contributed by atoms with Gasteiger partial charge in [0, 0.05) is 17.7 Å². The normalized spacial score (nSPS) is 12.8. The lowest BCUT2D eigenvalue weighted by Gasteiger charge is -2.09. The second-order valence-electron chi connectivity index (χ2n) is 6.62. The molecule has 3 N–H and O–H groups in total. The van der Waals surface area contributed by atoms with Crippen molar-refractivity contribution in [1.29, 1.82) is 0 Å². The topological polar surface area (TPSA) is 87.3 Å². The van der Waals surface area contributed by atoms with Crippen molar-refractivity contribution in [2.24, 2.45) is 0 Å². The third kappa shape index (κ3) is 5.81. The number of carbonyl (C=O) groups excluding carboxylic acids is 3. The third-order valence-corrected chi connectivity index (χ3v) is 4.29. The van der Waals surface area contributed by atoms with Gasteiger partial charge in [0.2, 0.25) is 5.91 Å². The summed E-state index contributed by atoms with van der Waals surface area (Å²) in [6.07, 6.45) is 10.2. The molecular weight excluding hydrogens is 366 g/mol. The van der Waals surface area contributed by atoms with Gasteiger partial charge in [0.1, 0.15) is 0 Å². The summed E-state index contributed by atoms with van der Waals surface area (Å²) in [6, 6.07) is 14.0. The predicted octanol–water partition coefficient (Wildman–Crippen LogP) is 2.59. The van der Waals surface area contributed by atoms with Crippen LogP contribution in [0.3, 0.4) is 0 Å². The molecule has 6 nitrogen and oxygen atoms in total. The van der Waals surface area contributed by atoms with Gasteiger partial charge >= 0.3 is 0 Å². The van der Waals surface area contributed by atoms with Crippen LogP contribution in [0.25, 0.3) is 6.08 Å². The van der Waals surface area contributed by atoms with Crippen LogP contribution in [0.4, 0.5) is 5.69 Å². The largest absolute Gasteiger partial charge is 0.349 e. The zero-order valence-corrected chi connectivity index (χ0v) is 15.8. The van der Waals surface area contributed by atoms with Gasteiger partial charge in [-0.1, -0.05) is 30.2 Å². The summed E-state index contributed by atoms with van der Waals surface area (Å²) in [4.78, 5) is 36.4. The summed E-state index contributed by atoms with van der Waals surface area (Å²) in [5.41, 5.74) is 2.09. The average molecular weight is 387 g/mol. The number of terminal acetylenes is 1. The second kappa shape index (κ2) is 9.38. The number of nitrogens with one attached hydrogen (secondary N) is 3. The standard InChI is InChI=1S/C23H21N3O3/c1-2-15-24-23(29)19-5-3-4-6-20(19)26-21(27)14-9-16-7-10-17(11-8-16)22(28)25-18-12-13-18/h1,3-11,14,18H,12-13,15H2,(H,24,29)(H,25,28)(H,26,27)/b14-9+. The third-order valence-electron chi connectivity index (χ3n) is 4.29. The minimum absolute atomic E-state index is 0.0829. The predicted molar refractivity (Wildman–Crippen MR) is 112 cm³/mol. The van der Waals surface area contributed by atoms with Gasteiger partial charge in [0.05, 0.1) is 17.8 Å². The molecule has 0 atom stereocenters. The number of anilines is 1. The first-order chi connectivity index (χ1) is 14.1. The molecule has 2 aromatic rings.